The summed E-state index contributed by atoms with van der Waals surface area (Å²) in [6, 6.07) is 6.05. The number of benzene rings is 1. The van der Waals surface area contributed by atoms with Crippen LogP contribution in [0.25, 0.3) is 0 Å². The second kappa shape index (κ2) is 6.13. The lowest BCUT2D eigenvalue weighted by Gasteiger charge is -2.08. The van der Waals surface area contributed by atoms with Crippen LogP contribution in [0, 0.1) is 0 Å². The van der Waals surface area contributed by atoms with Gasteiger partial charge < -0.3 is 0 Å². The molecule has 6 nitrogen and oxygen atoms in total. The molecule has 106 valence electrons. The SMILES string of the molecule is CSc1nc(Cl)nc(NS(=O)(=O)c2ccccc2Cl)n1. The topological polar surface area (TPSA) is 84.8 Å². The standard InChI is InChI=1S/C10H8Cl2N4O2S2/c1-19-10-14-8(12)13-9(15-10)16-20(17,18)7-5-3-2-4-6(7)11/h2-5H,1H3,(H,13,14,15,16). The average Bonchev–Trinajstić information content (AvgIpc) is 2.37. The van der Waals surface area contributed by atoms with Crippen molar-refractivity contribution >= 4 is 50.9 Å². The van der Waals surface area contributed by atoms with Gasteiger partial charge in [0.25, 0.3) is 10.0 Å². The van der Waals surface area contributed by atoms with Gasteiger partial charge in [0.05, 0.1) is 5.02 Å². The van der Waals surface area contributed by atoms with Crippen LogP contribution in [-0.4, -0.2) is 29.6 Å². The van der Waals surface area contributed by atoms with Crippen molar-refractivity contribution in [3.8, 4) is 0 Å². The molecule has 10 heteroatoms. The lowest BCUT2D eigenvalue weighted by molar-refractivity contribution is 0.600. The first-order valence-electron chi connectivity index (χ1n) is 5.15. The van der Waals surface area contributed by atoms with Crippen LogP contribution in [-0.2, 0) is 10.0 Å². The number of thioether (sulfide) groups is 1. The molecule has 0 fully saturated rings. The Morgan fingerprint density at radius 2 is 1.85 bits per heavy atom. The Balaban J connectivity index is 2.38. The fourth-order valence-corrected chi connectivity index (χ4v) is 3.34. The van der Waals surface area contributed by atoms with Gasteiger partial charge in [0.1, 0.15) is 4.90 Å². The average molecular weight is 351 g/mol. The zero-order chi connectivity index (χ0) is 14.8. The third kappa shape index (κ3) is 3.51. The summed E-state index contributed by atoms with van der Waals surface area (Å²) in [5.41, 5.74) is 0. The number of halogens is 2. The van der Waals surface area contributed by atoms with E-state index in [4.69, 9.17) is 23.2 Å². The minimum Gasteiger partial charge on any atom is -0.247 e. The third-order valence-corrected chi connectivity index (χ3v) is 4.67. The zero-order valence-electron chi connectivity index (χ0n) is 10.0. The summed E-state index contributed by atoms with van der Waals surface area (Å²) in [5.74, 6) is -0.158. The number of sulfonamides is 1. The van der Waals surface area contributed by atoms with E-state index in [1.165, 1.54) is 23.9 Å². The minimum atomic E-state index is -3.89. The van der Waals surface area contributed by atoms with E-state index in [2.05, 4.69) is 19.7 Å². The monoisotopic (exact) mass is 350 g/mol. The molecule has 0 saturated heterocycles. The number of aromatic nitrogens is 3. The summed E-state index contributed by atoms with van der Waals surface area (Å²) >= 11 is 12.8. The van der Waals surface area contributed by atoms with Gasteiger partial charge in [-0.05, 0) is 30.0 Å². The Bertz CT molecular complexity index is 740. The maximum Gasteiger partial charge on any atom is 0.265 e. The van der Waals surface area contributed by atoms with Crippen LogP contribution in [0.4, 0.5) is 5.95 Å². The summed E-state index contributed by atoms with van der Waals surface area (Å²) in [6.07, 6.45) is 1.73. The van der Waals surface area contributed by atoms with E-state index in [0.29, 0.717) is 5.16 Å². The van der Waals surface area contributed by atoms with Gasteiger partial charge in [-0.2, -0.15) is 15.0 Å². The fourth-order valence-electron chi connectivity index (χ4n) is 1.31. The van der Waals surface area contributed by atoms with Crippen molar-refractivity contribution in [2.45, 2.75) is 10.1 Å². The molecule has 1 aromatic heterocycles. The zero-order valence-corrected chi connectivity index (χ0v) is 13.2. The molecule has 2 rings (SSSR count). The van der Waals surface area contributed by atoms with Gasteiger partial charge in [-0.15, -0.1) is 0 Å². The highest BCUT2D eigenvalue weighted by atomic mass is 35.5. The van der Waals surface area contributed by atoms with Gasteiger partial charge in [-0.25, -0.2) is 13.1 Å². The molecular weight excluding hydrogens is 343 g/mol. The van der Waals surface area contributed by atoms with E-state index in [1.54, 1.807) is 18.4 Å². The Labute approximate surface area is 130 Å². The van der Waals surface area contributed by atoms with Crippen molar-refractivity contribution in [3.05, 3.63) is 34.6 Å². The first-order chi connectivity index (χ1) is 9.42. The minimum absolute atomic E-state index is 0.0658. The van der Waals surface area contributed by atoms with Crippen molar-refractivity contribution in [2.75, 3.05) is 11.0 Å². The molecule has 0 unspecified atom stereocenters. The summed E-state index contributed by atoms with van der Waals surface area (Å²) in [5, 5.41) is 0.313. The highest BCUT2D eigenvalue weighted by Gasteiger charge is 2.19. The first kappa shape index (κ1) is 15.3. The van der Waals surface area contributed by atoms with E-state index in [-0.39, 0.29) is 21.2 Å². The van der Waals surface area contributed by atoms with E-state index < -0.39 is 10.0 Å². The molecular formula is C10H8Cl2N4O2S2. The number of hydrogen-bond donors (Lipinski definition) is 1. The number of nitrogens with zero attached hydrogens (tertiary/aromatic N) is 3. The Hall–Kier alpha value is -1.09. The second-order valence-corrected chi connectivity index (χ2v) is 6.62. The summed E-state index contributed by atoms with van der Waals surface area (Å²) in [4.78, 5) is 11.4. The van der Waals surface area contributed by atoms with Gasteiger partial charge in [0, 0.05) is 0 Å². The molecule has 0 aliphatic carbocycles. The van der Waals surface area contributed by atoms with Crippen LogP contribution in [0.15, 0.2) is 34.3 Å². The largest absolute Gasteiger partial charge is 0.265 e. The van der Waals surface area contributed by atoms with Gasteiger partial charge in [-0.3, -0.25) is 0 Å². The lowest BCUT2D eigenvalue weighted by atomic mass is 10.4. The molecule has 0 bridgehead atoms. The molecule has 1 heterocycles. The summed E-state index contributed by atoms with van der Waals surface area (Å²) in [7, 11) is -3.89. The predicted octanol–water partition coefficient (Wildman–Crippen LogP) is 2.70. The first-order valence-corrected chi connectivity index (χ1v) is 8.61. The summed E-state index contributed by atoms with van der Waals surface area (Å²) in [6.45, 7) is 0. The van der Waals surface area contributed by atoms with Crippen LogP contribution in [0.3, 0.4) is 0 Å². The van der Waals surface area contributed by atoms with E-state index >= 15 is 0 Å². The Morgan fingerprint density at radius 1 is 1.15 bits per heavy atom. The van der Waals surface area contributed by atoms with Gasteiger partial charge in [-0.1, -0.05) is 35.5 Å². The number of nitrogens with one attached hydrogen (secondary N) is 1. The van der Waals surface area contributed by atoms with Crippen molar-refractivity contribution in [2.24, 2.45) is 0 Å². The molecule has 0 radical (unpaired) electrons. The molecule has 20 heavy (non-hydrogen) atoms. The molecule has 0 atom stereocenters. The smallest absolute Gasteiger partial charge is 0.247 e. The maximum absolute atomic E-state index is 12.2. The van der Waals surface area contributed by atoms with Crippen LogP contribution in [0.2, 0.25) is 10.3 Å². The molecule has 1 aromatic carbocycles. The van der Waals surface area contributed by atoms with E-state index in [1.807, 2.05) is 0 Å². The Morgan fingerprint density at radius 3 is 2.50 bits per heavy atom. The highest BCUT2D eigenvalue weighted by molar-refractivity contribution is 7.98. The van der Waals surface area contributed by atoms with Crippen molar-refractivity contribution in [1.29, 1.82) is 0 Å². The Kier molecular flexibility index (Phi) is 4.69. The molecule has 0 aliphatic heterocycles. The fraction of sp³-hybridized carbons (Fsp3) is 0.100. The lowest BCUT2D eigenvalue weighted by Crippen LogP contribution is -2.16. The summed E-state index contributed by atoms with van der Waals surface area (Å²) < 4.78 is 26.6. The van der Waals surface area contributed by atoms with E-state index in [0.717, 1.165) is 0 Å². The maximum atomic E-state index is 12.2. The van der Waals surface area contributed by atoms with Gasteiger partial charge in [0.2, 0.25) is 11.2 Å². The van der Waals surface area contributed by atoms with Crippen LogP contribution >= 0.6 is 35.0 Å². The normalized spacial score (nSPS) is 11.3. The number of rotatable bonds is 4. The molecule has 0 amide bonds. The van der Waals surface area contributed by atoms with E-state index in [9.17, 15) is 8.42 Å². The molecule has 2 aromatic rings. The number of hydrogen-bond acceptors (Lipinski definition) is 6. The van der Waals surface area contributed by atoms with Crippen LogP contribution in [0.5, 0.6) is 0 Å². The number of anilines is 1. The molecule has 0 aliphatic rings. The highest BCUT2D eigenvalue weighted by Crippen LogP contribution is 2.23. The van der Waals surface area contributed by atoms with Gasteiger partial charge in [0.15, 0.2) is 5.16 Å². The van der Waals surface area contributed by atoms with Crippen LogP contribution in [0.1, 0.15) is 0 Å². The van der Waals surface area contributed by atoms with Gasteiger partial charge >= 0.3 is 0 Å². The van der Waals surface area contributed by atoms with Crippen molar-refractivity contribution in [1.82, 2.24) is 15.0 Å². The van der Waals surface area contributed by atoms with Crippen molar-refractivity contribution < 1.29 is 8.42 Å². The molecule has 0 spiro atoms. The third-order valence-electron chi connectivity index (χ3n) is 2.12. The quantitative estimate of drug-likeness (QED) is 0.853. The second-order valence-electron chi connectivity index (χ2n) is 3.45. The predicted molar refractivity (Wildman–Crippen MR) is 78.9 cm³/mol. The van der Waals surface area contributed by atoms with Crippen LogP contribution < -0.4 is 4.72 Å². The molecule has 0 saturated carbocycles. The van der Waals surface area contributed by atoms with Crippen molar-refractivity contribution in [3.63, 3.8) is 0 Å². The molecule has 1 N–H and O–H groups in total.